The predicted octanol–water partition coefficient (Wildman–Crippen LogP) is 4.11. The maximum Gasteiger partial charge on any atom is 0.256 e. The Morgan fingerprint density at radius 2 is 1.80 bits per heavy atom. The standard InChI is InChI=1S/C15H8ClF2NO/c16-8-4-5-14-9(6-8)10(15(20)19-14)7-11-12(17)2-1-3-13(11)18/h1-7H,(H,19,20)/b10-7-. The van der Waals surface area contributed by atoms with Crippen molar-refractivity contribution in [2.45, 2.75) is 0 Å². The monoisotopic (exact) mass is 291 g/mol. The SMILES string of the molecule is O=C1Nc2ccc(Cl)cc2/C1=C/c1c(F)cccc1F. The molecule has 5 heteroatoms. The molecule has 0 atom stereocenters. The van der Waals surface area contributed by atoms with Gasteiger partial charge in [-0.15, -0.1) is 0 Å². The molecule has 3 rings (SSSR count). The Balaban J connectivity index is 2.18. The summed E-state index contributed by atoms with van der Waals surface area (Å²) in [4.78, 5) is 11.9. The molecule has 0 fully saturated rings. The van der Waals surface area contributed by atoms with Gasteiger partial charge in [0.2, 0.25) is 0 Å². The van der Waals surface area contributed by atoms with E-state index in [0.717, 1.165) is 12.1 Å². The van der Waals surface area contributed by atoms with Crippen molar-refractivity contribution in [2.75, 3.05) is 5.32 Å². The highest BCUT2D eigenvalue weighted by Gasteiger charge is 2.25. The lowest BCUT2D eigenvalue weighted by Gasteiger charge is -2.02. The smallest absolute Gasteiger partial charge is 0.256 e. The summed E-state index contributed by atoms with van der Waals surface area (Å²) in [6, 6.07) is 8.41. The number of benzene rings is 2. The Kier molecular flexibility index (Phi) is 3.03. The lowest BCUT2D eigenvalue weighted by atomic mass is 10.0. The van der Waals surface area contributed by atoms with Crippen LogP contribution in [0, 0.1) is 11.6 Å². The number of carbonyl (C=O) groups is 1. The fraction of sp³-hybridized carbons (Fsp3) is 0. The van der Waals surface area contributed by atoms with Gasteiger partial charge in [-0.05, 0) is 36.4 Å². The normalized spacial score (nSPS) is 15.3. The van der Waals surface area contributed by atoms with Gasteiger partial charge in [-0.1, -0.05) is 17.7 Å². The molecule has 2 aromatic carbocycles. The van der Waals surface area contributed by atoms with E-state index in [9.17, 15) is 13.6 Å². The van der Waals surface area contributed by atoms with Gasteiger partial charge in [0.25, 0.3) is 5.91 Å². The summed E-state index contributed by atoms with van der Waals surface area (Å²) < 4.78 is 27.3. The molecule has 0 bridgehead atoms. The lowest BCUT2D eigenvalue weighted by molar-refractivity contribution is -0.110. The number of halogens is 3. The number of anilines is 1. The number of rotatable bonds is 1. The van der Waals surface area contributed by atoms with Gasteiger partial charge in [-0.25, -0.2) is 8.78 Å². The molecule has 0 saturated heterocycles. The Labute approximate surface area is 118 Å². The summed E-state index contributed by atoms with van der Waals surface area (Å²) in [5.74, 6) is -1.86. The number of hydrogen-bond donors (Lipinski definition) is 1. The number of nitrogens with one attached hydrogen (secondary N) is 1. The molecule has 0 radical (unpaired) electrons. The number of amides is 1. The van der Waals surface area contributed by atoms with E-state index >= 15 is 0 Å². The minimum absolute atomic E-state index is 0.187. The van der Waals surface area contributed by atoms with Crippen LogP contribution in [0.5, 0.6) is 0 Å². The number of hydrogen-bond acceptors (Lipinski definition) is 1. The van der Waals surface area contributed by atoms with Crippen LogP contribution in [0.3, 0.4) is 0 Å². The molecule has 1 heterocycles. The van der Waals surface area contributed by atoms with Crippen molar-refractivity contribution < 1.29 is 13.6 Å². The van der Waals surface area contributed by atoms with E-state index < -0.39 is 17.5 Å². The van der Waals surface area contributed by atoms with E-state index in [1.165, 1.54) is 12.1 Å². The second-order valence-corrected chi connectivity index (χ2v) is 4.77. The number of carbonyl (C=O) groups excluding carboxylic acids is 1. The van der Waals surface area contributed by atoms with Crippen LogP contribution in [0.25, 0.3) is 11.6 Å². The average molecular weight is 292 g/mol. The maximum atomic E-state index is 13.6. The molecular weight excluding hydrogens is 284 g/mol. The highest BCUT2D eigenvalue weighted by Crippen LogP contribution is 2.35. The van der Waals surface area contributed by atoms with E-state index in [0.29, 0.717) is 16.3 Å². The fourth-order valence-electron chi connectivity index (χ4n) is 2.10. The summed E-state index contributed by atoms with van der Waals surface area (Å²) in [5.41, 5.74) is 1.05. The molecule has 1 amide bonds. The van der Waals surface area contributed by atoms with Crippen molar-refractivity contribution in [3.8, 4) is 0 Å². The van der Waals surface area contributed by atoms with Crippen molar-refractivity contribution >= 4 is 34.8 Å². The van der Waals surface area contributed by atoms with Crippen LogP contribution in [-0.2, 0) is 4.79 Å². The second-order valence-electron chi connectivity index (χ2n) is 4.34. The van der Waals surface area contributed by atoms with E-state index in [1.807, 2.05) is 0 Å². The molecule has 0 unspecified atom stereocenters. The van der Waals surface area contributed by atoms with Crippen LogP contribution in [0.15, 0.2) is 36.4 Å². The third kappa shape index (κ3) is 2.08. The maximum absolute atomic E-state index is 13.6. The van der Waals surface area contributed by atoms with Gasteiger partial charge >= 0.3 is 0 Å². The summed E-state index contributed by atoms with van der Waals surface area (Å²) >= 11 is 5.89. The van der Waals surface area contributed by atoms with Crippen LogP contribution in [0.1, 0.15) is 11.1 Å². The highest BCUT2D eigenvalue weighted by atomic mass is 35.5. The molecule has 100 valence electrons. The van der Waals surface area contributed by atoms with E-state index in [-0.39, 0.29) is 11.1 Å². The average Bonchev–Trinajstić information content (AvgIpc) is 2.70. The largest absolute Gasteiger partial charge is 0.321 e. The van der Waals surface area contributed by atoms with Gasteiger partial charge in [-0.2, -0.15) is 0 Å². The van der Waals surface area contributed by atoms with Crippen LogP contribution >= 0.6 is 11.6 Å². The number of fused-ring (bicyclic) bond motifs is 1. The van der Waals surface area contributed by atoms with Gasteiger partial charge in [-0.3, -0.25) is 4.79 Å². The van der Waals surface area contributed by atoms with E-state index in [4.69, 9.17) is 11.6 Å². The lowest BCUT2D eigenvalue weighted by Crippen LogP contribution is -2.04. The fourth-order valence-corrected chi connectivity index (χ4v) is 2.27. The Hall–Kier alpha value is -2.20. The summed E-state index contributed by atoms with van der Waals surface area (Å²) in [6.45, 7) is 0. The minimum Gasteiger partial charge on any atom is -0.321 e. The van der Waals surface area contributed by atoms with Gasteiger partial charge in [0.1, 0.15) is 11.6 Å². The molecule has 1 N–H and O–H groups in total. The molecule has 0 aliphatic carbocycles. The van der Waals surface area contributed by atoms with Crippen molar-refractivity contribution in [1.29, 1.82) is 0 Å². The summed E-state index contributed by atoms with van der Waals surface area (Å²) in [7, 11) is 0. The topological polar surface area (TPSA) is 29.1 Å². The van der Waals surface area contributed by atoms with Gasteiger partial charge in [0, 0.05) is 27.4 Å². The van der Waals surface area contributed by atoms with Crippen LogP contribution in [0.2, 0.25) is 5.02 Å². The third-order valence-corrected chi connectivity index (χ3v) is 3.29. The second kappa shape index (κ2) is 4.72. The Morgan fingerprint density at radius 3 is 2.50 bits per heavy atom. The highest BCUT2D eigenvalue weighted by molar-refractivity contribution is 6.36. The zero-order chi connectivity index (χ0) is 14.3. The third-order valence-electron chi connectivity index (χ3n) is 3.05. The minimum atomic E-state index is -0.722. The quantitative estimate of drug-likeness (QED) is 0.787. The first-order chi connectivity index (χ1) is 9.56. The summed E-state index contributed by atoms with van der Waals surface area (Å²) in [6.07, 6.45) is 1.20. The van der Waals surface area contributed by atoms with Gasteiger partial charge in [0.15, 0.2) is 0 Å². The Bertz CT molecular complexity index is 735. The van der Waals surface area contributed by atoms with Gasteiger partial charge < -0.3 is 5.32 Å². The van der Waals surface area contributed by atoms with Crippen LogP contribution in [-0.4, -0.2) is 5.91 Å². The van der Waals surface area contributed by atoms with E-state index in [2.05, 4.69) is 5.32 Å². The molecule has 2 aromatic rings. The van der Waals surface area contributed by atoms with Crippen molar-refractivity contribution in [1.82, 2.24) is 0 Å². The summed E-state index contributed by atoms with van der Waals surface area (Å²) in [5, 5.41) is 3.07. The molecule has 2 nitrogen and oxygen atoms in total. The van der Waals surface area contributed by atoms with Crippen molar-refractivity contribution in [3.63, 3.8) is 0 Å². The predicted molar refractivity (Wildman–Crippen MR) is 74.3 cm³/mol. The van der Waals surface area contributed by atoms with Crippen LogP contribution < -0.4 is 5.32 Å². The molecule has 1 aliphatic heterocycles. The molecule has 0 saturated carbocycles. The first-order valence-corrected chi connectivity index (χ1v) is 6.21. The van der Waals surface area contributed by atoms with Gasteiger partial charge in [0.05, 0.1) is 0 Å². The van der Waals surface area contributed by atoms with E-state index in [1.54, 1.807) is 18.2 Å². The first kappa shape index (κ1) is 12.8. The van der Waals surface area contributed by atoms with Crippen molar-refractivity contribution in [3.05, 3.63) is 64.2 Å². The zero-order valence-corrected chi connectivity index (χ0v) is 10.8. The molecule has 0 spiro atoms. The first-order valence-electron chi connectivity index (χ1n) is 5.83. The molecule has 1 aliphatic rings. The van der Waals surface area contributed by atoms with Crippen molar-refractivity contribution in [2.24, 2.45) is 0 Å². The van der Waals surface area contributed by atoms with Crippen LogP contribution in [0.4, 0.5) is 14.5 Å². The zero-order valence-electron chi connectivity index (χ0n) is 10.1. The Morgan fingerprint density at radius 1 is 1.10 bits per heavy atom. The molecule has 0 aromatic heterocycles. The molecule has 20 heavy (non-hydrogen) atoms. The molecular formula is C15H8ClF2NO.